The molecular formula is C45H32. The predicted octanol–water partition coefficient (Wildman–Crippen LogP) is 12.5. The van der Waals surface area contributed by atoms with Gasteiger partial charge in [0.15, 0.2) is 0 Å². The van der Waals surface area contributed by atoms with Crippen LogP contribution in [0.15, 0.2) is 158 Å². The summed E-state index contributed by atoms with van der Waals surface area (Å²) in [6.07, 6.45) is 0. The second kappa shape index (κ2) is 9.78. The first-order valence-corrected chi connectivity index (χ1v) is 15.9. The Morgan fingerprint density at radius 2 is 0.778 bits per heavy atom. The van der Waals surface area contributed by atoms with Crippen LogP contribution < -0.4 is 0 Å². The van der Waals surface area contributed by atoms with E-state index >= 15 is 0 Å². The van der Waals surface area contributed by atoms with Gasteiger partial charge < -0.3 is 0 Å². The Balaban J connectivity index is 1.30. The first-order chi connectivity index (χ1) is 22.1. The van der Waals surface area contributed by atoms with Crippen molar-refractivity contribution in [3.8, 4) is 44.5 Å². The van der Waals surface area contributed by atoms with Crippen LogP contribution in [0.25, 0.3) is 76.8 Å². The summed E-state index contributed by atoms with van der Waals surface area (Å²) in [7, 11) is 0. The van der Waals surface area contributed by atoms with Crippen LogP contribution in [0.4, 0.5) is 0 Å². The molecule has 0 bridgehead atoms. The van der Waals surface area contributed by atoms with Crippen molar-refractivity contribution in [3.05, 3.63) is 169 Å². The zero-order chi connectivity index (χ0) is 30.1. The van der Waals surface area contributed by atoms with E-state index in [0.717, 1.165) is 0 Å². The van der Waals surface area contributed by atoms with Gasteiger partial charge >= 0.3 is 0 Å². The van der Waals surface area contributed by atoms with Gasteiger partial charge in [-0.3, -0.25) is 0 Å². The van der Waals surface area contributed by atoms with Gasteiger partial charge in [-0.1, -0.05) is 166 Å². The molecule has 0 saturated carbocycles. The van der Waals surface area contributed by atoms with E-state index in [1.165, 1.54) is 88.0 Å². The number of rotatable bonds is 3. The molecule has 0 aliphatic heterocycles. The molecule has 8 aromatic carbocycles. The second-order valence-corrected chi connectivity index (χ2v) is 12.8. The summed E-state index contributed by atoms with van der Waals surface area (Å²) in [5, 5.41) is 7.69. The Morgan fingerprint density at radius 1 is 0.311 bits per heavy atom. The minimum Gasteiger partial charge on any atom is -0.0622 e. The maximum absolute atomic E-state index is 2.44. The third-order valence-electron chi connectivity index (χ3n) is 10.1. The van der Waals surface area contributed by atoms with E-state index in [4.69, 9.17) is 0 Å². The van der Waals surface area contributed by atoms with Crippen molar-refractivity contribution in [3.63, 3.8) is 0 Å². The number of hydrogen-bond donors (Lipinski definition) is 0. The van der Waals surface area contributed by atoms with Crippen molar-refractivity contribution >= 4 is 32.3 Å². The summed E-state index contributed by atoms with van der Waals surface area (Å²) in [6, 6.07) is 58.3. The van der Waals surface area contributed by atoms with E-state index in [2.05, 4.69) is 172 Å². The molecule has 0 heterocycles. The van der Waals surface area contributed by atoms with Gasteiger partial charge in [-0.05, 0) is 94.0 Å². The van der Waals surface area contributed by atoms with Gasteiger partial charge in [0.2, 0.25) is 0 Å². The third kappa shape index (κ3) is 3.79. The topological polar surface area (TPSA) is 0 Å². The summed E-state index contributed by atoms with van der Waals surface area (Å²) in [4.78, 5) is 0. The first kappa shape index (κ1) is 26.0. The van der Waals surface area contributed by atoms with Crippen LogP contribution in [-0.2, 0) is 5.41 Å². The molecule has 0 amide bonds. The van der Waals surface area contributed by atoms with Crippen molar-refractivity contribution in [2.24, 2.45) is 0 Å². The molecule has 0 N–H and O–H groups in total. The van der Waals surface area contributed by atoms with Crippen LogP contribution in [0.5, 0.6) is 0 Å². The summed E-state index contributed by atoms with van der Waals surface area (Å²) in [5.74, 6) is 0. The van der Waals surface area contributed by atoms with Crippen molar-refractivity contribution in [1.82, 2.24) is 0 Å². The Hall–Kier alpha value is -5.46. The summed E-state index contributed by atoms with van der Waals surface area (Å²) < 4.78 is 0. The molecule has 45 heavy (non-hydrogen) atoms. The molecule has 1 aliphatic rings. The summed E-state index contributed by atoms with van der Waals surface area (Å²) in [5.41, 5.74) is 13.2. The lowest BCUT2D eigenvalue weighted by Gasteiger charge is -2.22. The molecular weight excluding hydrogens is 540 g/mol. The molecule has 0 aromatic heterocycles. The number of benzene rings is 8. The van der Waals surface area contributed by atoms with E-state index in [1.54, 1.807) is 0 Å². The van der Waals surface area contributed by atoms with Gasteiger partial charge in [0.1, 0.15) is 0 Å². The predicted molar refractivity (Wildman–Crippen MR) is 193 cm³/mol. The zero-order valence-corrected chi connectivity index (χ0v) is 25.5. The lowest BCUT2D eigenvalue weighted by atomic mass is 9.81. The van der Waals surface area contributed by atoms with E-state index in [9.17, 15) is 0 Å². The highest BCUT2D eigenvalue weighted by Gasteiger charge is 2.35. The van der Waals surface area contributed by atoms with Crippen molar-refractivity contribution in [1.29, 1.82) is 0 Å². The molecule has 8 aromatic rings. The minimum absolute atomic E-state index is 0.0317. The third-order valence-corrected chi connectivity index (χ3v) is 10.1. The van der Waals surface area contributed by atoms with Crippen LogP contribution in [0.1, 0.15) is 25.0 Å². The zero-order valence-electron chi connectivity index (χ0n) is 25.5. The quantitative estimate of drug-likeness (QED) is 0.185. The van der Waals surface area contributed by atoms with Gasteiger partial charge in [0, 0.05) is 5.41 Å². The fourth-order valence-corrected chi connectivity index (χ4v) is 7.98. The molecule has 0 nitrogen and oxygen atoms in total. The lowest BCUT2D eigenvalue weighted by molar-refractivity contribution is 0.660. The van der Waals surface area contributed by atoms with Crippen LogP contribution in [-0.4, -0.2) is 0 Å². The number of hydrogen-bond acceptors (Lipinski definition) is 0. The molecule has 0 radical (unpaired) electrons. The van der Waals surface area contributed by atoms with Gasteiger partial charge in [-0.25, -0.2) is 0 Å². The average molecular weight is 573 g/mol. The maximum atomic E-state index is 2.44. The molecule has 0 unspecified atom stereocenters. The Labute approximate surface area is 264 Å². The van der Waals surface area contributed by atoms with Gasteiger partial charge in [-0.15, -0.1) is 0 Å². The fourth-order valence-electron chi connectivity index (χ4n) is 7.98. The molecule has 212 valence electrons. The molecule has 0 heteroatoms. The van der Waals surface area contributed by atoms with Crippen LogP contribution >= 0.6 is 0 Å². The van der Waals surface area contributed by atoms with Crippen molar-refractivity contribution in [2.75, 3.05) is 0 Å². The van der Waals surface area contributed by atoms with E-state index in [-0.39, 0.29) is 5.41 Å². The largest absolute Gasteiger partial charge is 0.0622 e. The van der Waals surface area contributed by atoms with Gasteiger partial charge in [-0.2, -0.15) is 0 Å². The fraction of sp³-hybridized carbons (Fsp3) is 0.0667. The molecule has 0 spiro atoms. The van der Waals surface area contributed by atoms with Crippen LogP contribution in [0.2, 0.25) is 0 Å². The first-order valence-electron chi connectivity index (χ1n) is 15.9. The maximum Gasteiger partial charge on any atom is 0.0159 e. The highest BCUT2D eigenvalue weighted by atomic mass is 14.4. The molecule has 0 fully saturated rings. The SMILES string of the molecule is CC1(C)c2ccccc2-c2ccc(-c3ccc(-c4c5ccccc5c(-c5ccccc5)c5ccccc45)c4ccccc34)cc21. The van der Waals surface area contributed by atoms with Crippen LogP contribution in [0.3, 0.4) is 0 Å². The standard InChI is InChI=1S/C45H32/c1-45(2)41-23-13-12-18-34(41)35-25-24-30(28-42(35)45)31-26-27-40(33-17-7-6-16-32(31)33)44-38-21-10-8-19-36(38)43(29-14-4-3-5-15-29)37-20-9-11-22-39(37)44/h3-28H,1-2H3. The molecule has 0 saturated heterocycles. The van der Waals surface area contributed by atoms with E-state index in [0.29, 0.717) is 0 Å². The highest BCUT2D eigenvalue weighted by Crippen LogP contribution is 2.51. The Kier molecular flexibility index (Phi) is 5.64. The monoisotopic (exact) mass is 572 g/mol. The minimum atomic E-state index is -0.0317. The second-order valence-electron chi connectivity index (χ2n) is 12.8. The van der Waals surface area contributed by atoms with E-state index < -0.39 is 0 Å². The smallest absolute Gasteiger partial charge is 0.0159 e. The van der Waals surface area contributed by atoms with Crippen molar-refractivity contribution < 1.29 is 0 Å². The molecule has 0 atom stereocenters. The molecule has 9 rings (SSSR count). The average Bonchev–Trinajstić information content (AvgIpc) is 3.33. The van der Waals surface area contributed by atoms with Gasteiger partial charge in [0.05, 0.1) is 0 Å². The highest BCUT2D eigenvalue weighted by molar-refractivity contribution is 6.24. The Bertz CT molecular complexity index is 2390. The summed E-state index contributed by atoms with van der Waals surface area (Å²) in [6.45, 7) is 4.72. The summed E-state index contributed by atoms with van der Waals surface area (Å²) >= 11 is 0. The normalized spacial score (nSPS) is 13.3. The molecule has 1 aliphatic carbocycles. The van der Waals surface area contributed by atoms with Crippen LogP contribution in [0, 0.1) is 0 Å². The lowest BCUT2D eigenvalue weighted by Crippen LogP contribution is -2.14. The number of fused-ring (bicyclic) bond motifs is 6. The van der Waals surface area contributed by atoms with Gasteiger partial charge in [0.25, 0.3) is 0 Å². The van der Waals surface area contributed by atoms with E-state index in [1.807, 2.05) is 0 Å². The Morgan fingerprint density at radius 3 is 1.44 bits per heavy atom. The van der Waals surface area contributed by atoms with Crippen molar-refractivity contribution in [2.45, 2.75) is 19.3 Å².